The Balaban J connectivity index is 2.58. The van der Waals surface area contributed by atoms with Gasteiger partial charge in [0.05, 0.1) is 14.0 Å². The van der Waals surface area contributed by atoms with Gasteiger partial charge in [-0.3, -0.25) is 9.59 Å². The van der Waals surface area contributed by atoms with Gasteiger partial charge in [-0.1, -0.05) is 36.4 Å². The zero-order valence-electron chi connectivity index (χ0n) is 15.7. The highest BCUT2D eigenvalue weighted by atomic mass is 32.4. The lowest BCUT2D eigenvalue weighted by molar-refractivity contribution is -0.217. The van der Waals surface area contributed by atoms with Crippen molar-refractivity contribution in [3.63, 3.8) is 0 Å². The molecule has 0 radical (unpaired) electrons. The summed E-state index contributed by atoms with van der Waals surface area (Å²) in [6.45, 7) is 0.299. The molecular formula is C19H17F3NO5PS. The molecule has 11 heteroatoms. The summed E-state index contributed by atoms with van der Waals surface area (Å²) in [4.78, 5) is 24.4. The lowest BCUT2D eigenvalue weighted by Crippen LogP contribution is -2.60. The second-order valence-electron chi connectivity index (χ2n) is 5.66. The maximum absolute atomic E-state index is 13.4. The number of benzene rings is 2. The van der Waals surface area contributed by atoms with Gasteiger partial charge in [0.15, 0.2) is 0 Å². The van der Waals surface area contributed by atoms with Crippen LogP contribution in [0, 0.1) is 0 Å². The minimum absolute atomic E-state index is 0.0783. The van der Waals surface area contributed by atoms with Crippen LogP contribution in [0.4, 0.5) is 13.2 Å². The summed E-state index contributed by atoms with van der Waals surface area (Å²) in [6, 6.07) is 15.4. The second-order valence-corrected chi connectivity index (χ2v) is 6.96. The van der Waals surface area contributed by atoms with E-state index in [4.69, 9.17) is 26.0 Å². The predicted molar refractivity (Wildman–Crippen MR) is 106 cm³/mol. The van der Waals surface area contributed by atoms with Crippen molar-refractivity contribution in [2.45, 2.75) is 18.8 Å². The molecule has 2 aromatic rings. The monoisotopic (exact) mass is 459 g/mol. The summed E-state index contributed by atoms with van der Waals surface area (Å²) in [5.41, 5.74) is -2.47. The van der Waals surface area contributed by atoms with E-state index in [2.05, 4.69) is 0 Å². The molecule has 6 nitrogen and oxygen atoms in total. The van der Waals surface area contributed by atoms with Gasteiger partial charge in [0, 0.05) is 0 Å². The third-order valence-electron chi connectivity index (χ3n) is 3.52. The highest BCUT2D eigenvalue weighted by Gasteiger charge is 2.54. The van der Waals surface area contributed by atoms with E-state index in [1.165, 1.54) is 31.2 Å². The van der Waals surface area contributed by atoms with Crippen molar-refractivity contribution < 1.29 is 37.0 Å². The zero-order valence-corrected chi connectivity index (χ0v) is 17.4. The number of alkyl halides is 3. The van der Waals surface area contributed by atoms with Crippen LogP contribution in [0.5, 0.6) is 11.5 Å². The van der Waals surface area contributed by atoms with Crippen molar-refractivity contribution >= 4 is 31.0 Å². The molecule has 0 heterocycles. The van der Waals surface area contributed by atoms with Crippen LogP contribution in [0.2, 0.25) is 0 Å². The molecule has 0 atom stereocenters. The van der Waals surface area contributed by atoms with E-state index in [0.717, 1.165) is 0 Å². The molecule has 0 saturated heterocycles. The van der Waals surface area contributed by atoms with E-state index in [1.54, 1.807) is 36.4 Å². The van der Waals surface area contributed by atoms with Crippen molar-refractivity contribution in [1.82, 2.24) is 4.90 Å². The first-order chi connectivity index (χ1) is 14.2. The fourth-order valence-corrected chi connectivity index (χ4v) is 3.36. The minimum Gasteiger partial charge on any atom is -0.465 e. The Bertz CT molecular complexity index is 826. The number of rotatable bonds is 9. The van der Waals surface area contributed by atoms with Gasteiger partial charge in [-0.25, -0.2) is 4.90 Å². The Labute approximate surface area is 177 Å². The Morgan fingerprint density at radius 2 is 1.43 bits per heavy atom. The first-order valence-electron chi connectivity index (χ1n) is 8.59. The van der Waals surface area contributed by atoms with Crippen molar-refractivity contribution in [3.05, 3.63) is 60.7 Å². The Morgan fingerprint density at radius 1 is 0.967 bits per heavy atom. The summed E-state index contributed by atoms with van der Waals surface area (Å²) in [7, 11) is -0.342. The molecular weight excluding hydrogens is 442 g/mol. The number of carbonyl (C=O) groups excluding carboxylic acids is 2. The first kappa shape index (κ1) is 23.6. The van der Waals surface area contributed by atoms with Gasteiger partial charge >= 0.3 is 23.7 Å². The molecule has 0 spiro atoms. The molecule has 30 heavy (non-hydrogen) atoms. The molecule has 0 aromatic heterocycles. The van der Waals surface area contributed by atoms with Crippen molar-refractivity contribution in [2.75, 3.05) is 13.2 Å². The Morgan fingerprint density at radius 3 is 1.80 bits per heavy atom. The SMILES string of the molecule is CCOC(=O)CN(C(=O)C(F)(F)F)C(Oc1ccccc1)(Oc1ccccc1)P=S. The number of para-hydroxylation sites is 2. The molecule has 0 aliphatic carbocycles. The van der Waals surface area contributed by atoms with Crippen LogP contribution in [0.25, 0.3) is 0 Å². The highest BCUT2D eigenvalue weighted by Crippen LogP contribution is 2.37. The number of ether oxygens (including phenoxy) is 3. The number of esters is 1. The maximum Gasteiger partial charge on any atom is 0.471 e. The number of amides is 1. The molecule has 0 bridgehead atoms. The van der Waals surface area contributed by atoms with Crippen LogP contribution in [0.1, 0.15) is 6.92 Å². The normalized spacial score (nSPS) is 11.6. The van der Waals surface area contributed by atoms with Crippen LogP contribution in [-0.4, -0.2) is 41.8 Å². The van der Waals surface area contributed by atoms with Crippen LogP contribution >= 0.6 is 7.36 Å². The maximum atomic E-state index is 13.4. The molecule has 0 fully saturated rings. The Hall–Kier alpha value is -2.71. The third-order valence-corrected chi connectivity index (χ3v) is 4.87. The molecule has 2 aromatic carbocycles. The van der Waals surface area contributed by atoms with Crippen LogP contribution in [-0.2, 0) is 26.1 Å². The molecule has 0 aliphatic heterocycles. The summed E-state index contributed by atoms with van der Waals surface area (Å²) in [5.74, 6) is -3.28. The van der Waals surface area contributed by atoms with Gasteiger partial charge < -0.3 is 14.2 Å². The van der Waals surface area contributed by atoms with Gasteiger partial charge in [-0.05, 0) is 43.0 Å². The van der Waals surface area contributed by atoms with Crippen LogP contribution < -0.4 is 9.47 Å². The number of hydrogen-bond acceptors (Lipinski definition) is 6. The molecule has 160 valence electrons. The molecule has 0 N–H and O–H groups in total. The predicted octanol–water partition coefficient (Wildman–Crippen LogP) is 4.12. The fourth-order valence-electron chi connectivity index (χ4n) is 2.29. The van der Waals surface area contributed by atoms with Gasteiger partial charge in [-0.15, -0.1) is 0 Å². The van der Waals surface area contributed by atoms with E-state index in [0.29, 0.717) is 0 Å². The molecule has 0 aliphatic rings. The minimum atomic E-state index is -5.32. The van der Waals surface area contributed by atoms with Gasteiger partial charge in [0.1, 0.15) is 18.0 Å². The average Bonchev–Trinajstić information content (AvgIpc) is 2.72. The van der Waals surface area contributed by atoms with Crippen LogP contribution in [0.15, 0.2) is 60.7 Å². The largest absolute Gasteiger partial charge is 0.471 e. The molecule has 2 rings (SSSR count). The van der Waals surface area contributed by atoms with E-state index < -0.39 is 30.2 Å². The van der Waals surface area contributed by atoms with Crippen LogP contribution in [0.3, 0.4) is 0 Å². The number of halogens is 3. The van der Waals surface area contributed by atoms with Gasteiger partial charge in [0.25, 0.3) is 0 Å². The average molecular weight is 459 g/mol. The summed E-state index contributed by atoms with van der Waals surface area (Å²) >= 11 is 5.03. The summed E-state index contributed by atoms with van der Waals surface area (Å²) in [6.07, 6.45) is -5.32. The van der Waals surface area contributed by atoms with E-state index >= 15 is 0 Å². The number of hydrogen-bond donors (Lipinski definition) is 0. The molecule has 0 saturated carbocycles. The molecule has 1 amide bonds. The third kappa shape index (κ3) is 6.14. The smallest absolute Gasteiger partial charge is 0.465 e. The number of carbonyl (C=O) groups is 2. The van der Waals surface area contributed by atoms with Gasteiger partial charge in [0.2, 0.25) is 0 Å². The quantitative estimate of drug-likeness (QED) is 0.320. The van der Waals surface area contributed by atoms with Crippen molar-refractivity contribution in [3.8, 4) is 11.5 Å². The highest BCUT2D eigenvalue weighted by molar-refractivity contribution is 7.97. The lowest BCUT2D eigenvalue weighted by Gasteiger charge is -2.38. The fraction of sp³-hybridized carbons (Fsp3) is 0.263. The second kappa shape index (κ2) is 10.4. The topological polar surface area (TPSA) is 65.1 Å². The lowest BCUT2D eigenvalue weighted by atomic mass is 10.3. The number of nitrogens with zero attached hydrogens (tertiary/aromatic N) is 1. The summed E-state index contributed by atoms with van der Waals surface area (Å²) in [5, 5.41) is 0. The van der Waals surface area contributed by atoms with E-state index in [1.807, 2.05) is 0 Å². The van der Waals surface area contributed by atoms with E-state index in [9.17, 15) is 22.8 Å². The summed E-state index contributed by atoms with van der Waals surface area (Å²) < 4.78 is 56.2. The van der Waals surface area contributed by atoms with Crippen molar-refractivity contribution in [2.24, 2.45) is 0 Å². The van der Waals surface area contributed by atoms with E-state index in [-0.39, 0.29) is 30.4 Å². The first-order valence-corrected chi connectivity index (χ1v) is 10.5. The zero-order chi connectivity index (χ0) is 22.2. The van der Waals surface area contributed by atoms with Gasteiger partial charge in [-0.2, -0.15) is 13.2 Å². The van der Waals surface area contributed by atoms with Crippen molar-refractivity contribution in [1.29, 1.82) is 0 Å². The Kier molecular flexibility index (Phi) is 8.14. The molecule has 0 unspecified atom stereocenters. The standard InChI is InChI=1S/C19H17F3NO5PS/c1-2-26-16(24)13-23(17(25)18(20,21)22)19(29-30,27-14-9-5-3-6-10-14)28-15-11-7-4-8-12-15/h3-12H,2,13H2,1H3.